The average Bonchev–Trinajstić information content (AvgIpc) is 3.20. The number of fused-ring (bicyclic) bond motifs is 1. The van der Waals surface area contributed by atoms with Crippen molar-refractivity contribution in [2.24, 2.45) is 5.92 Å². The molecule has 5 nitrogen and oxygen atoms in total. The van der Waals surface area contributed by atoms with Gasteiger partial charge in [0.05, 0.1) is 17.6 Å². The van der Waals surface area contributed by atoms with Crippen molar-refractivity contribution in [1.29, 1.82) is 5.26 Å². The molecule has 2 aliphatic heterocycles. The summed E-state index contributed by atoms with van der Waals surface area (Å²) in [5.74, 6) is 0.206. The molecule has 1 atom stereocenters. The van der Waals surface area contributed by atoms with E-state index in [4.69, 9.17) is 5.26 Å². The van der Waals surface area contributed by atoms with Crippen LogP contribution < -0.4 is 15.1 Å². The van der Waals surface area contributed by atoms with Crippen LogP contribution in [0.4, 0.5) is 11.4 Å². The highest BCUT2D eigenvalue weighted by atomic mass is 16.1. The molecule has 1 N–H and O–H groups in total. The Hall–Kier alpha value is -3.00. The van der Waals surface area contributed by atoms with E-state index < -0.39 is 0 Å². The lowest BCUT2D eigenvalue weighted by atomic mass is 9.96. The van der Waals surface area contributed by atoms with E-state index in [1.165, 1.54) is 11.3 Å². The number of hydrogen-bond acceptors (Lipinski definition) is 4. The summed E-state index contributed by atoms with van der Waals surface area (Å²) in [6, 6.07) is 18.4. The van der Waals surface area contributed by atoms with Crippen molar-refractivity contribution in [3.05, 3.63) is 59.7 Å². The Balaban J connectivity index is 1.23. The number of nitriles is 1. The summed E-state index contributed by atoms with van der Waals surface area (Å²) < 4.78 is 0. The van der Waals surface area contributed by atoms with Gasteiger partial charge in [0, 0.05) is 44.1 Å². The highest BCUT2D eigenvalue weighted by molar-refractivity contribution is 5.79. The Labute approximate surface area is 172 Å². The van der Waals surface area contributed by atoms with Crippen LogP contribution in [-0.2, 0) is 11.2 Å². The fraction of sp³-hybridized carbons (Fsp3) is 0.417. The third kappa shape index (κ3) is 4.54. The minimum atomic E-state index is 0.0342. The zero-order valence-electron chi connectivity index (χ0n) is 16.8. The predicted molar refractivity (Wildman–Crippen MR) is 116 cm³/mol. The van der Waals surface area contributed by atoms with Crippen LogP contribution in [-0.4, -0.2) is 38.6 Å². The van der Waals surface area contributed by atoms with Crippen molar-refractivity contribution < 1.29 is 4.79 Å². The molecule has 1 saturated heterocycles. The molecule has 0 aromatic heterocycles. The first-order valence-corrected chi connectivity index (χ1v) is 10.6. The molecule has 2 heterocycles. The fourth-order valence-corrected chi connectivity index (χ4v) is 4.44. The lowest BCUT2D eigenvalue weighted by Crippen LogP contribution is -2.43. The molecule has 0 saturated carbocycles. The van der Waals surface area contributed by atoms with Gasteiger partial charge in [-0.3, -0.25) is 4.79 Å². The van der Waals surface area contributed by atoms with Gasteiger partial charge < -0.3 is 15.1 Å². The van der Waals surface area contributed by atoms with Gasteiger partial charge in [0.15, 0.2) is 0 Å². The highest BCUT2D eigenvalue weighted by Crippen LogP contribution is 2.27. The summed E-state index contributed by atoms with van der Waals surface area (Å²) in [6.45, 7) is 4.50. The number of amides is 1. The van der Waals surface area contributed by atoms with E-state index in [2.05, 4.69) is 45.5 Å². The molecule has 2 aromatic carbocycles. The molecule has 0 radical (unpaired) electrons. The second-order valence-electron chi connectivity index (χ2n) is 7.95. The maximum absolute atomic E-state index is 12.7. The predicted octanol–water partition coefficient (Wildman–Crippen LogP) is 3.34. The summed E-state index contributed by atoms with van der Waals surface area (Å²) in [6.07, 6.45) is 4.04. The van der Waals surface area contributed by atoms with Crippen molar-refractivity contribution >= 4 is 17.3 Å². The molecule has 150 valence electrons. The van der Waals surface area contributed by atoms with Gasteiger partial charge in [-0.05, 0) is 61.6 Å². The molecule has 5 heteroatoms. The smallest absolute Gasteiger partial charge is 0.224 e. The largest absolute Gasteiger partial charge is 0.371 e. The number of rotatable bonds is 6. The molecule has 1 amide bonds. The molecule has 0 aliphatic carbocycles. The summed E-state index contributed by atoms with van der Waals surface area (Å²) in [4.78, 5) is 17.4. The van der Waals surface area contributed by atoms with Crippen molar-refractivity contribution in [3.63, 3.8) is 0 Å². The third-order valence-electron chi connectivity index (χ3n) is 6.04. The third-order valence-corrected chi connectivity index (χ3v) is 6.04. The summed E-state index contributed by atoms with van der Waals surface area (Å²) >= 11 is 0. The first-order chi connectivity index (χ1) is 14.2. The van der Waals surface area contributed by atoms with Gasteiger partial charge >= 0.3 is 0 Å². The monoisotopic (exact) mass is 388 g/mol. The molecule has 4 rings (SSSR count). The standard InChI is InChI=1S/C24H28N4O/c25-17-19-8-10-22(11-9-19)28-14-3-6-21(18-28)24(29)26-13-4-15-27-16-12-20-5-1-2-7-23(20)27/h1-2,5,7-11,21H,3-4,6,12-16,18H2,(H,26,29). The molecule has 0 spiro atoms. The number of nitrogens with zero attached hydrogens (tertiary/aromatic N) is 3. The van der Waals surface area contributed by atoms with Crippen molar-refractivity contribution in [3.8, 4) is 6.07 Å². The second kappa shape index (κ2) is 9.00. The van der Waals surface area contributed by atoms with Crippen LogP contribution in [0.2, 0.25) is 0 Å². The summed E-state index contributed by atoms with van der Waals surface area (Å²) in [5.41, 5.74) is 4.54. The number of para-hydroxylation sites is 1. The average molecular weight is 389 g/mol. The maximum Gasteiger partial charge on any atom is 0.224 e. The number of carbonyl (C=O) groups is 1. The Morgan fingerprint density at radius 1 is 1.14 bits per heavy atom. The molecule has 1 unspecified atom stereocenters. The molecular weight excluding hydrogens is 360 g/mol. The lowest BCUT2D eigenvalue weighted by Gasteiger charge is -2.33. The number of nitrogens with one attached hydrogen (secondary N) is 1. The minimum Gasteiger partial charge on any atom is -0.371 e. The Morgan fingerprint density at radius 2 is 1.97 bits per heavy atom. The van der Waals surface area contributed by atoms with Crippen LogP contribution in [0.15, 0.2) is 48.5 Å². The second-order valence-corrected chi connectivity index (χ2v) is 7.95. The van der Waals surface area contributed by atoms with Gasteiger partial charge in [0.1, 0.15) is 0 Å². The quantitative estimate of drug-likeness (QED) is 0.771. The number of benzene rings is 2. The van der Waals surface area contributed by atoms with E-state index in [1.807, 2.05) is 24.3 Å². The zero-order valence-corrected chi connectivity index (χ0v) is 16.8. The van der Waals surface area contributed by atoms with Gasteiger partial charge in [-0.1, -0.05) is 18.2 Å². The fourth-order valence-electron chi connectivity index (χ4n) is 4.44. The van der Waals surface area contributed by atoms with Gasteiger partial charge in [0.25, 0.3) is 0 Å². The number of anilines is 2. The maximum atomic E-state index is 12.7. The van der Waals surface area contributed by atoms with E-state index in [-0.39, 0.29) is 11.8 Å². The molecular formula is C24H28N4O. The molecule has 2 aromatic rings. The summed E-state index contributed by atoms with van der Waals surface area (Å²) in [5, 5.41) is 12.1. The first-order valence-electron chi connectivity index (χ1n) is 10.6. The lowest BCUT2D eigenvalue weighted by molar-refractivity contribution is -0.125. The molecule has 0 bridgehead atoms. The van der Waals surface area contributed by atoms with Gasteiger partial charge in [-0.15, -0.1) is 0 Å². The van der Waals surface area contributed by atoms with E-state index in [1.54, 1.807) is 0 Å². The SMILES string of the molecule is N#Cc1ccc(N2CCCC(C(=O)NCCCN3CCc4ccccc43)C2)cc1. The van der Waals surface area contributed by atoms with Crippen LogP contribution in [0.25, 0.3) is 0 Å². The van der Waals surface area contributed by atoms with Crippen molar-refractivity contribution in [2.45, 2.75) is 25.7 Å². The van der Waals surface area contributed by atoms with Crippen LogP contribution in [0.1, 0.15) is 30.4 Å². The van der Waals surface area contributed by atoms with Gasteiger partial charge in [-0.2, -0.15) is 5.26 Å². The van der Waals surface area contributed by atoms with E-state index in [0.717, 1.165) is 64.1 Å². The van der Waals surface area contributed by atoms with E-state index in [0.29, 0.717) is 5.56 Å². The number of hydrogen-bond donors (Lipinski definition) is 1. The minimum absolute atomic E-state index is 0.0342. The summed E-state index contributed by atoms with van der Waals surface area (Å²) in [7, 11) is 0. The van der Waals surface area contributed by atoms with Crippen LogP contribution in [0, 0.1) is 17.2 Å². The highest BCUT2D eigenvalue weighted by Gasteiger charge is 2.26. The Morgan fingerprint density at radius 3 is 2.79 bits per heavy atom. The van der Waals surface area contributed by atoms with Crippen molar-refractivity contribution in [1.82, 2.24) is 5.32 Å². The molecule has 2 aliphatic rings. The van der Waals surface area contributed by atoms with Crippen LogP contribution in [0.5, 0.6) is 0 Å². The van der Waals surface area contributed by atoms with Gasteiger partial charge in [-0.25, -0.2) is 0 Å². The van der Waals surface area contributed by atoms with Crippen LogP contribution in [0.3, 0.4) is 0 Å². The van der Waals surface area contributed by atoms with E-state index in [9.17, 15) is 4.79 Å². The van der Waals surface area contributed by atoms with Crippen molar-refractivity contribution in [2.75, 3.05) is 42.5 Å². The number of carbonyl (C=O) groups excluding carboxylic acids is 1. The van der Waals surface area contributed by atoms with E-state index >= 15 is 0 Å². The Bertz CT molecular complexity index is 886. The van der Waals surface area contributed by atoms with Crippen LogP contribution >= 0.6 is 0 Å². The molecule has 1 fully saturated rings. The normalized spacial score (nSPS) is 18.2. The van der Waals surface area contributed by atoms with Gasteiger partial charge in [0.2, 0.25) is 5.91 Å². The molecule has 29 heavy (non-hydrogen) atoms. The Kier molecular flexibility index (Phi) is 6.00. The number of piperidine rings is 1. The first kappa shape index (κ1) is 19.3. The topological polar surface area (TPSA) is 59.4 Å². The zero-order chi connectivity index (χ0) is 20.1.